The second-order valence-electron chi connectivity index (χ2n) is 7.69. The standard InChI is InChI=1S/C10H15.C5H5.C4H9N.C4H8O.Zr/c1-6-7(2)9(4)10(5)8(6)3;1-2-4-5-3-1;1-4(2,3)5;1-2-4-5-3-1;/h1-5H3;1-5H;1-3H3;1-4H2;/q;;;;+2. The molecule has 1 aliphatic heterocycles. The van der Waals surface area contributed by atoms with Gasteiger partial charge >= 0.3 is 53.7 Å². The second kappa shape index (κ2) is 14.6. The minimum absolute atomic E-state index is 0.207. The first-order valence-electron chi connectivity index (χ1n) is 9.44. The minimum Gasteiger partial charge on any atom is -0.0579 e. The molecule has 0 aromatic rings. The van der Waals surface area contributed by atoms with Gasteiger partial charge in [0.2, 0.25) is 0 Å². The SMILES string of the molecule is C1CCOC1.CC(C)(C)[N]=[Zr+2].C[C]1[C](C)[C](C)[C](C)[C]1C.[CH]1[CH][CH][CH][CH]1. The van der Waals surface area contributed by atoms with E-state index in [0.717, 1.165) is 13.2 Å². The third-order valence-corrected chi connectivity index (χ3v) is 6.18. The predicted molar refractivity (Wildman–Crippen MR) is 108 cm³/mol. The Balaban J connectivity index is 0.000000338. The van der Waals surface area contributed by atoms with Gasteiger partial charge in [0.1, 0.15) is 0 Å². The molecule has 0 spiro atoms. The zero-order valence-corrected chi connectivity index (χ0v) is 20.5. The molecule has 3 heteroatoms. The molecule has 142 valence electrons. The summed E-state index contributed by atoms with van der Waals surface area (Å²) < 4.78 is 9.06. The fourth-order valence-electron chi connectivity index (χ4n) is 2.24. The molecule has 2 aliphatic carbocycles. The maximum atomic E-state index is 4.94. The summed E-state index contributed by atoms with van der Waals surface area (Å²) in [6.45, 7) is 19.3. The average molecular weight is 435 g/mol. The second-order valence-corrected chi connectivity index (χ2v) is 8.24. The van der Waals surface area contributed by atoms with Crippen LogP contribution in [0.25, 0.3) is 0 Å². The third kappa shape index (κ3) is 12.2. The Morgan fingerprint density at radius 3 is 1.04 bits per heavy atom. The fraction of sp³-hybridized carbons (Fsp3) is 0.565. The van der Waals surface area contributed by atoms with E-state index in [1.165, 1.54) is 67.0 Å². The van der Waals surface area contributed by atoms with Crippen molar-refractivity contribution in [1.29, 1.82) is 0 Å². The van der Waals surface area contributed by atoms with Crippen molar-refractivity contribution in [2.24, 2.45) is 2.87 Å². The first-order valence-corrected chi connectivity index (χ1v) is 10.5. The van der Waals surface area contributed by atoms with Gasteiger partial charge in [0.25, 0.3) is 0 Å². The van der Waals surface area contributed by atoms with Crippen LogP contribution in [0.5, 0.6) is 0 Å². The molecule has 2 saturated carbocycles. The molecule has 0 aromatic carbocycles. The zero-order chi connectivity index (χ0) is 20.2. The summed E-state index contributed by atoms with van der Waals surface area (Å²) >= 11 is 1.28. The van der Waals surface area contributed by atoms with Gasteiger partial charge in [-0.1, -0.05) is 34.6 Å². The van der Waals surface area contributed by atoms with Crippen LogP contribution < -0.4 is 0 Å². The van der Waals surface area contributed by atoms with Crippen molar-refractivity contribution in [1.82, 2.24) is 0 Å². The van der Waals surface area contributed by atoms with Gasteiger partial charge < -0.3 is 4.74 Å². The van der Waals surface area contributed by atoms with Crippen molar-refractivity contribution in [3.63, 3.8) is 0 Å². The number of hydrogen-bond acceptors (Lipinski definition) is 2. The number of nitrogens with zero attached hydrogens (tertiary/aromatic N) is 1. The van der Waals surface area contributed by atoms with Gasteiger partial charge in [0, 0.05) is 13.2 Å². The van der Waals surface area contributed by atoms with Crippen LogP contribution in [0.15, 0.2) is 2.87 Å². The van der Waals surface area contributed by atoms with Crippen LogP contribution in [-0.2, 0) is 29.3 Å². The summed E-state index contributed by atoms with van der Waals surface area (Å²) in [6.07, 6.45) is 12.6. The van der Waals surface area contributed by atoms with Crippen molar-refractivity contribution in [3.8, 4) is 0 Å². The Hall–Kier alpha value is 0.643. The largest absolute Gasteiger partial charge is 0.0579 e. The van der Waals surface area contributed by atoms with Gasteiger partial charge in [-0.2, -0.15) is 0 Å². The Bertz CT molecular complexity index is 275. The third-order valence-electron chi connectivity index (χ3n) is 4.53. The fourth-order valence-corrected chi connectivity index (χ4v) is 2.24. The van der Waals surface area contributed by atoms with E-state index in [1.54, 1.807) is 0 Å². The molecule has 0 aromatic heterocycles. The van der Waals surface area contributed by atoms with E-state index in [4.69, 9.17) is 4.74 Å². The Kier molecular flexibility index (Phi) is 15.0. The van der Waals surface area contributed by atoms with Gasteiger partial charge in [-0.3, -0.25) is 0 Å². The van der Waals surface area contributed by atoms with Gasteiger partial charge in [0.15, 0.2) is 0 Å². The van der Waals surface area contributed by atoms with Crippen LogP contribution in [0.1, 0.15) is 68.2 Å². The van der Waals surface area contributed by atoms with Gasteiger partial charge in [-0.15, -0.1) is 0 Å². The molecule has 0 atom stereocenters. The average Bonchev–Trinajstić information content (AvgIpc) is 3.38. The summed E-state index contributed by atoms with van der Waals surface area (Å²) in [6, 6.07) is 0. The molecule has 3 fully saturated rings. The summed E-state index contributed by atoms with van der Waals surface area (Å²) in [5.41, 5.74) is 0.207. The molecule has 10 radical (unpaired) electrons. The predicted octanol–water partition coefficient (Wildman–Crippen LogP) is 6.31. The molecule has 0 amide bonds. The molecule has 26 heavy (non-hydrogen) atoms. The van der Waals surface area contributed by atoms with Crippen molar-refractivity contribution >= 4 is 0 Å². The molecular formula is C23H37NOZr+2. The van der Waals surface area contributed by atoms with Crippen LogP contribution in [-0.4, -0.2) is 18.8 Å². The van der Waals surface area contributed by atoms with Gasteiger partial charge in [-0.05, 0) is 74.5 Å². The van der Waals surface area contributed by atoms with E-state index < -0.39 is 0 Å². The summed E-state index contributed by atoms with van der Waals surface area (Å²) in [4.78, 5) is 0. The van der Waals surface area contributed by atoms with Crippen molar-refractivity contribution in [2.75, 3.05) is 13.2 Å². The van der Waals surface area contributed by atoms with E-state index in [2.05, 4.69) is 58.3 Å². The molecular weight excluding hydrogens is 397 g/mol. The number of rotatable bonds is 0. The summed E-state index contributed by atoms with van der Waals surface area (Å²) in [7, 11) is 0. The first kappa shape index (κ1) is 26.6. The molecule has 0 unspecified atom stereocenters. The first-order chi connectivity index (χ1) is 12.1. The van der Waals surface area contributed by atoms with Crippen LogP contribution in [0.3, 0.4) is 0 Å². The van der Waals surface area contributed by atoms with Crippen molar-refractivity contribution < 1.29 is 29.3 Å². The topological polar surface area (TPSA) is 21.6 Å². The van der Waals surface area contributed by atoms with E-state index in [9.17, 15) is 0 Å². The van der Waals surface area contributed by atoms with E-state index in [0.29, 0.717) is 0 Å². The summed E-state index contributed by atoms with van der Waals surface area (Å²) in [5, 5.41) is 0. The van der Waals surface area contributed by atoms with E-state index >= 15 is 0 Å². The van der Waals surface area contributed by atoms with E-state index in [1.807, 2.05) is 32.1 Å². The molecule has 3 rings (SSSR count). The monoisotopic (exact) mass is 433 g/mol. The van der Waals surface area contributed by atoms with Crippen LogP contribution in [0.4, 0.5) is 0 Å². The smallest absolute Gasteiger partial charge is 0.0130 e. The van der Waals surface area contributed by atoms with Crippen LogP contribution in [0.2, 0.25) is 0 Å². The Labute approximate surface area is 180 Å². The van der Waals surface area contributed by atoms with Crippen molar-refractivity contribution in [2.45, 2.75) is 73.8 Å². The van der Waals surface area contributed by atoms with Gasteiger partial charge in [0.05, 0.1) is 0 Å². The Morgan fingerprint density at radius 1 is 0.692 bits per heavy atom. The molecule has 1 heterocycles. The van der Waals surface area contributed by atoms with Crippen LogP contribution >= 0.6 is 0 Å². The molecule has 3 aliphatic rings. The summed E-state index contributed by atoms with van der Waals surface area (Å²) in [5.74, 6) is 7.34. The zero-order valence-electron chi connectivity index (χ0n) is 18.1. The Morgan fingerprint density at radius 2 is 0.923 bits per heavy atom. The normalized spacial score (nSPS) is 22.8. The maximum Gasteiger partial charge on any atom is -0.0130 e. The molecule has 2 nitrogen and oxygen atoms in total. The number of ether oxygens (including phenoxy) is 1. The maximum absolute atomic E-state index is 4.94. The van der Waals surface area contributed by atoms with Crippen LogP contribution in [0, 0.1) is 61.7 Å². The molecule has 0 N–H and O–H groups in total. The minimum atomic E-state index is 0.207. The van der Waals surface area contributed by atoms with Gasteiger partial charge in [-0.25, -0.2) is 0 Å². The quantitative estimate of drug-likeness (QED) is 0.438. The number of hydrogen-bond donors (Lipinski definition) is 0. The molecule has 0 bridgehead atoms. The van der Waals surface area contributed by atoms with E-state index in [-0.39, 0.29) is 5.54 Å². The molecule has 1 saturated heterocycles. The van der Waals surface area contributed by atoms with Crippen molar-refractivity contribution in [3.05, 3.63) is 61.7 Å².